The summed E-state index contributed by atoms with van der Waals surface area (Å²) in [6, 6.07) is 9.24. The van der Waals surface area contributed by atoms with E-state index in [0.717, 1.165) is 22.9 Å². The molecular formula is C14H15ClN4O. The van der Waals surface area contributed by atoms with Gasteiger partial charge in [-0.05, 0) is 31.2 Å². The number of halogens is 1. The highest BCUT2D eigenvalue weighted by Crippen LogP contribution is 2.17. The van der Waals surface area contributed by atoms with E-state index in [0.29, 0.717) is 12.3 Å². The third-order valence-electron chi connectivity index (χ3n) is 2.57. The van der Waals surface area contributed by atoms with Crippen molar-refractivity contribution in [2.75, 3.05) is 16.5 Å². The first kappa shape index (κ1) is 14.3. The Bertz CT molecular complexity index is 586. The second-order valence-electron chi connectivity index (χ2n) is 4.23. The second kappa shape index (κ2) is 6.86. The minimum absolute atomic E-state index is 0.0906. The summed E-state index contributed by atoms with van der Waals surface area (Å²) >= 11 is 5.51. The molecule has 0 radical (unpaired) electrons. The predicted octanol–water partition coefficient (Wildman–Crippen LogP) is 3.10. The summed E-state index contributed by atoms with van der Waals surface area (Å²) in [5.74, 6) is 0.960. The average Bonchev–Trinajstić information content (AvgIpc) is 2.41. The Morgan fingerprint density at radius 1 is 1.20 bits per heavy atom. The molecule has 0 saturated heterocycles. The first-order valence-corrected chi connectivity index (χ1v) is 6.72. The monoisotopic (exact) mass is 290 g/mol. The molecule has 0 fully saturated rings. The molecule has 1 aromatic carbocycles. The number of anilines is 3. The van der Waals surface area contributed by atoms with Crippen LogP contribution in [0.4, 0.5) is 17.2 Å². The number of alkyl halides is 1. The summed E-state index contributed by atoms with van der Waals surface area (Å²) in [7, 11) is 0. The van der Waals surface area contributed by atoms with Crippen LogP contribution >= 0.6 is 11.6 Å². The van der Waals surface area contributed by atoms with Gasteiger partial charge >= 0.3 is 0 Å². The van der Waals surface area contributed by atoms with E-state index in [9.17, 15) is 4.79 Å². The largest absolute Gasteiger partial charge is 0.340 e. The number of carbonyl (C=O) groups excluding carboxylic acids is 1. The Labute approximate surface area is 122 Å². The Balaban J connectivity index is 1.99. The molecule has 0 aliphatic heterocycles. The lowest BCUT2D eigenvalue weighted by atomic mass is 10.2. The predicted molar refractivity (Wildman–Crippen MR) is 80.5 cm³/mol. The van der Waals surface area contributed by atoms with E-state index in [1.165, 1.54) is 6.33 Å². The third-order valence-corrected chi connectivity index (χ3v) is 2.76. The molecule has 0 bridgehead atoms. The van der Waals surface area contributed by atoms with Gasteiger partial charge in [0, 0.05) is 35.4 Å². The molecule has 2 aromatic rings. The summed E-state index contributed by atoms with van der Waals surface area (Å²) in [6.07, 6.45) is 1.82. The molecule has 5 nitrogen and oxygen atoms in total. The number of rotatable bonds is 5. The van der Waals surface area contributed by atoms with Gasteiger partial charge in [0.25, 0.3) is 0 Å². The highest BCUT2D eigenvalue weighted by molar-refractivity contribution is 6.19. The van der Waals surface area contributed by atoms with Crippen LogP contribution in [0.3, 0.4) is 0 Å². The van der Waals surface area contributed by atoms with Crippen LogP contribution in [0.25, 0.3) is 0 Å². The maximum Gasteiger partial charge on any atom is 0.225 e. The number of nitrogens with one attached hydrogen (secondary N) is 2. The first-order valence-electron chi connectivity index (χ1n) is 6.19. The number of hydrogen-bond donors (Lipinski definition) is 2. The standard InChI is InChI=1S/C14H15ClN4O/c1-10-8-13(17-9-16-10)18-11-2-4-12(5-3-11)19-14(20)6-7-15/h2-5,8-9H,6-7H2,1H3,(H,19,20)(H,16,17,18). The zero-order valence-corrected chi connectivity index (χ0v) is 11.8. The summed E-state index contributed by atoms with van der Waals surface area (Å²) in [6.45, 7) is 1.91. The fourth-order valence-electron chi connectivity index (χ4n) is 1.62. The van der Waals surface area contributed by atoms with E-state index in [-0.39, 0.29) is 5.91 Å². The Morgan fingerprint density at radius 3 is 2.55 bits per heavy atom. The van der Waals surface area contributed by atoms with Crippen molar-refractivity contribution in [2.24, 2.45) is 0 Å². The lowest BCUT2D eigenvalue weighted by Crippen LogP contribution is -2.11. The number of nitrogens with zero attached hydrogens (tertiary/aromatic N) is 2. The molecule has 1 heterocycles. The van der Waals surface area contributed by atoms with Gasteiger partial charge in [-0.2, -0.15) is 0 Å². The van der Waals surface area contributed by atoms with Crippen molar-refractivity contribution in [2.45, 2.75) is 13.3 Å². The molecule has 6 heteroatoms. The molecule has 0 atom stereocenters. The minimum atomic E-state index is -0.0906. The molecule has 104 valence electrons. The molecular weight excluding hydrogens is 276 g/mol. The number of hydrogen-bond acceptors (Lipinski definition) is 4. The fourth-order valence-corrected chi connectivity index (χ4v) is 1.79. The maximum atomic E-state index is 11.4. The molecule has 0 aliphatic carbocycles. The number of aryl methyl sites for hydroxylation is 1. The van der Waals surface area contributed by atoms with Crippen molar-refractivity contribution >= 4 is 34.7 Å². The van der Waals surface area contributed by atoms with Crippen molar-refractivity contribution in [3.8, 4) is 0 Å². The summed E-state index contributed by atoms with van der Waals surface area (Å²) < 4.78 is 0. The molecule has 2 N–H and O–H groups in total. The minimum Gasteiger partial charge on any atom is -0.340 e. The van der Waals surface area contributed by atoms with Crippen LogP contribution < -0.4 is 10.6 Å². The van der Waals surface area contributed by atoms with E-state index in [2.05, 4.69) is 20.6 Å². The topological polar surface area (TPSA) is 66.9 Å². The normalized spacial score (nSPS) is 10.1. The van der Waals surface area contributed by atoms with Crippen LogP contribution in [0, 0.1) is 6.92 Å². The third kappa shape index (κ3) is 4.20. The van der Waals surface area contributed by atoms with Gasteiger partial charge in [-0.3, -0.25) is 4.79 Å². The summed E-state index contributed by atoms with van der Waals surface area (Å²) in [5.41, 5.74) is 2.52. The van der Waals surface area contributed by atoms with Gasteiger partial charge in [-0.1, -0.05) is 0 Å². The van der Waals surface area contributed by atoms with Gasteiger partial charge in [0.2, 0.25) is 5.91 Å². The van der Waals surface area contributed by atoms with Crippen LogP contribution in [0.15, 0.2) is 36.7 Å². The number of amides is 1. The smallest absolute Gasteiger partial charge is 0.225 e. The van der Waals surface area contributed by atoms with Crippen molar-refractivity contribution in [3.05, 3.63) is 42.4 Å². The van der Waals surface area contributed by atoms with E-state index >= 15 is 0 Å². The molecule has 0 aliphatic rings. The van der Waals surface area contributed by atoms with Crippen LogP contribution in [-0.2, 0) is 4.79 Å². The molecule has 1 amide bonds. The van der Waals surface area contributed by atoms with Crippen molar-refractivity contribution in [1.29, 1.82) is 0 Å². The quantitative estimate of drug-likeness (QED) is 0.831. The summed E-state index contributed by atoms with van der Waals surface area (Å²) in [4.78, 5) is 19.6. The van der Waals surface area contributed by atoms with Gasteiger partial charge in [-0.25, -0.2) is 9.97 Å². The zero-order chi connectivity index (χ0) is 14.4. The van der Waals surface area contributed by atoms with Crippen molar-refractivity contribution in [1.82, 2.24) is 9.97 Å². The van der Waals surface area contributed by atoms with Gasteiger partial charge < -0.3 is 10.6 Å². The van der Waals surface area contributed by atoms with Crippen LogP contribution in [0.5, 0.6) is 0 Å². The molecule has 0 spiro atoms. The lowest BCUT2D eigenvalue weighted by Gasteiger charge is -2.08. The Morgan fingerprint density at radius 2 is 1.90 bits per heavy atom. The SMILES string of the molecule is Cc1cc(Nc2ccc(NC(=O)CCCl)cc2)ncn1. The van der Waals surface area contributed by atoms with E-state index in [4.69, 9.17) is 11.6 Å². The Kier molecular flexibility index (Phi) is 4.90. The highest BCUT2D eigenvalue weighted by Gasteiger charge is 2.02. The number of carbonyl (C=O) groups is 1. The van der Waals surface area contributed by atoms with Crippen LogP contribution in [-0.4, -0.2) is 21.8 Å². The highest BCUT2D eigenvalue weighted by atomic mass is 35.5. The molecule has 0 saturated carbocycles. The van der Waals surface area contributed by atoms with Crippen molar-refractivity contribution < 1.29 is 4.79 Å². The molecule has 0 unspecified atom stereocenters. The maximum absolute atomic E-state index is 11.4. The van der Waals surface area contributed by atoms with Gasteiger partial charge in [-0.15, -0.1) is 11.6 Å². The second-order valence-corrected chi connectivity index (χ2v) is 4.61. The molecule has 2 rings (SSSR count). The fraction of sp³-hybridized carbons (Fsp3) is 0.214. The van der Waals surface area contributed by atoms with Gasteiger partial charge in [0.1, 0.15) is 12.1 Å². The molecule has 1 aromatic heterocycles. The summed E-state index contributed by atoms with van der Waals surface area (Å²) in [5, 5.41) is 5.93. The Hall–Kier alpha value is -2.14. The van der Waals surface area contributed by atoms with E-state index in [1.807, 2.05) is 37.3 Å². The zero-order valence-electron chi connectivity index (χ0n) is 11.1. The van der Waals surface area contributed by atoms with Crippen molar-refractivity contribution in [3.63, 3.8) is 0 Å². The average molecular weight is 291 g/mol. The van der Waals surface area contributed by atoms with Gasteiger partial charge in [0.15, 0.2) is 0 Å². The number of benzene rings is 1. The first-order chi connectivity index (χ1) is 9.67. The number of aromatic nitrogens is 2. The van der Waals surface area contributed by atoms with E-state index < -0.39 is 0 Å². The van der Waals surface area contributed by atoms with Crippen LogP contribution in [0.1, 0.15) is 12.1 Å². The molecule has 20 heavy (non-hydrogen) atoms. The van der Waals surface area contributed by atoms with E-state index in [1.54, 1.807) is 0 Å². The van der Waals surface area contributed by atoms with Gasteiger partial charge in [0.05, 0.1) is 0 Å². The van der Waals surface area contributed by atoms with Crippen LogP contribution in [0.2, 0.25) is 0 Å². The lowest BCUT2D eigenvalue weighted by molar-refractivity contribution is -0.115.